The molecule has 1 rings (SSSR count). The highest BCUT2D eigenvalue weighted by Crippen LogP contribution is 2.28. The summed E-state index contributed by atoms with van der Waals surface area (Å²) in [6, 6.07) is 3.36. The number of non-ortho nitro benzene ring substituents is 1. The van der Waals surface area contributed by atoms with Gasteiger partial charge in [-0.15, -0.1) is 0 Å². The van der Waals surface area contributed by atoms with E-state index in [0.29, 0.717) is 0 Å². The van der Waals surface area contributed by atoms with E-state index in [0.717, 1.165) is 12.5 Å². The molecule has 0 heterocycles. The number of anilines is 1. The molecule has 0 aliphatic heterocycles. The predicted octanol–water partition coefficient (Wildman–Crippen LogP) is 2.95. The molecule has 0 saturated heterocycles. The summed E-state index contributed by atoms with van der Waals surface area (Å²) in [4.78, 5) is 20.0. The number of hydrogen-bond acceptors (Lipinski definition) is 6. The highest BCUT2D eigenvalue weighted by Gasteiger charge is 2.18. The Morgan fingerprint density at radius 1 is 1.37 bits per heavy atom. The third-order valence-electron chi connectivity index (χ3n) is 2.55. The number of nitrogens with zero attached hydrogens (tertiary/aromatic N) is 3. The maximum atomic E-state index is 10.8. The van der Waals surface area contributed by atoms with Crippen LogP contribution in [-0.2, 0) is 0 Å². The van der Waals surface area contributed by atoms with E-state index in [1.807, 2.05) is 13.8 Å². The maximum Gasteiger partial charge on any atom is 0.301 e. The van der Waals surface area contributed by atoms with Gasteiger partial charge in [-0.3, -0.25) is 25.7 Å². The fraction of sp³-hybridized carbons (Fsp3) is 0.364. The van der Waals surface area contributed by atoms with Crippen LogP contribution < -0.4 is 5.43 Å². The Kier molecular flexibility index (Phi) is 4.92. The van der Waals surface area contributed by atoms with Crippen LogP contribution in [0.4, 0.5) is 17.1 Å². The largest absolute Gasteiger partial charge is 0.301 e. The van der Waals surface area contributed by atoms with Crippen LogP contribution in [0.25, 0.3) is 0 Å². The molecular weight excluding hydrogens is 252 g/mol. The number of rotatable bonds is 6. The quantitative estimate of drug-likeness (QED) is 0.483. The van der Waals surface area contributed by atoms with Gasteiger partial charge in [-0.1, -0.05) is 13.8 Å². The van der Waals surface area contributed by atoms with E-state index in [1.54, 1.807) is 6.21 Å². The van der Waals surface area contributed by atoms with Crippen LogP contribution in [0.1, 0.15) is 20.3 Å². The first kappa shape index (κ1) is 14.6. The van der Waals surface area contributed by atoms with E-state index in [-0.39, 0.29) is 23.0 Å². The third kappa shape index (κ3) is 4.02. The van der Waals surface area contributed by atoms with Crippen LogP contribution in [0.3, 0.4) is 0 Å². The standard InChI is InChI=1S/C11H14N4O4/c1-3-8(2)7-12-13-10-5-4-9(14(16)17)6-11(10)15(18)19/h4-8,13H,3H2,1-2H3. The van der Waals surface area contributed by atoms with Crippen molar-refractivity contribution in [3.63, 3.8) is 0 Å². The molecule has 1 unspecified atom stereocenters. The Labute approximate surface area is 109 Å². The molecule has 0 bridgehead atoms. The van der Waals surface area contributed by atoms with Gasteiger partial charge in [0.15, 0.2) is 0 Å². The molecule has 1 N–H and O–H groups in total. The molecule has 0 radical (unpaired) electrons. The molecular formula is C11H14N4O4. The van der Waals surface area contributed by atoms with Gasteiger partial charge in [0, 0.05) is 12.3 Å². The van der Waals surface area contributed by atoms with Gasteiger partial charge < -0.3 is 0 Å². The molecule has 0 fully saturated rings. The Hall–Kier alpha value is -2.51. The van der Waals surface area contributed by atoms with Crippen LogP contribution in [0.2, 0.25) is 0 Å². The van der Waals surface area contributed by atoms with Crippen LogP contribution in [-0.4, -0.2) is 16.1 Å². The van der Waals surface area contributed by atoms with E-state index in [1.165, 1.54) is 12.1 Å². The van der Waals surface area contributed by atoms with Gasteiger partial charge in [-0.2, -0.15) is 5.10 Å². The number of nitro benzene ring substituents is 2. The average molecular weight is 266 g/mol. The van der Waals surface area contributed by atoms with E-state index in [4.69, 9.17) is 0 Å². The second-order valence-electron chi connectivity index (χ2n) is 3.99. The molecule has 0 aliphatic rings. The summed E-state index contributed by atoms with van der Waals surface area (Å²) in [5.74, 6) is 0.240. The lowest BCUT2D eigenvalue weighted by Gasteiger charge is -2.03. The molecule has 0 aromatic heterocycles. The molecule has 0 spiro atoms. The molecule has 0 aliphatic carbocycles. The van der Waals surface area contributed by atoms with Gasteiger partial charge in [0.05, 0.1) is 15.9 Å². The lowest BCUT2D eigenvalue weighted by molar-refractivity contribution is -0.393. The van der Waals surface area contributed by atoms with E-state index < -0.39 is 9.85 Å². The summed E-state index contributed by atoms with van der Waals surface area (Å²) in [6.45, 7) is 3.94. The summed E-state index contributed by atoms with van der Waals surface area (Å²) in [6.07, 6.45) is 2.53. The molecule has 102 valence electrons. The van der Waals surface area contributed by atoms with Gasteiger partial charge in [-0.25, -0.2) is 0 Å². The normalized spacial score (nSPS) is 12.3. The van der Waals surface area contributed by atoms with E-state index >= 15 is 0 Å². The Balaban J connectivity index is 2.97. The molecule has 1 aromatic rings. The van der Waals surface area contributed by atoms with Crippen molar-refractivity contribution in [3.8, 4) is 0 Å². The smallest absolute Gasteiger partial charge is 0.272 e. The summed E-state index contributed by atoms with van der Waals surface area (Å²) in [7, 11) is 0. The second kappa shape index (κ2) is 6.43. The minimum Gasteiger partial charge on any atom is -0.272 e. The first-order valence-electron chi connectivity index (χ1n) is 5.67. The zero-order valence-corrected chi connectivity index (χ0v) is 10.6. The summed E-state index contributed by atoms with van der Waals surface area (Å²) in [5.41, 5.74) is 1.94. The van der Waals surface area contributed by atoms with Crippen LogP contribution in [0.15, 0.2) is 23.3 Å². The van der Waals surface area contributed by atoms with Crippen LogP contribution >= 0.6 is 0 Å². The lowest BCUT2D eigenvalue weighted by atomic mass is 10.1. The maximum absolute atomic E-state index is 10.8. The van der Waals surface area contributed by atoms with Crippen LogP contribution in [0.5, 0.6) is 0 Å². The monoisotopic (exact) mass is 266 g/mol. The van der Waals surface area contributed by atoms with Gasteiger partial charge in [0.2, 0.25) is 0 Å². The van der Waals surface area contributed by atoms with Crippen molar-refractivity contribution in [1.82, 2.24) is 0 Å². The van der Waals surface area contributed by atoms with Crippen molar-refractivity contribution in [2.75, 3.05) is 5.43 Å². The lowest BCUT2D eigenvalue weighted by Crippen LogP contribution is -2.00. The van der Waals surface area contributed by atoms with Crippen molar-refractivity contribution in [2.45, 2.75) is 20.3 Å². The average Bonchev–Trinajstić information content (AvgIpc) is 2.38. The Bertz CT molecular complexity index is 515. The molecule has 0 amide bonds. The number of hydrogen-bond donors (Lipinski definition) is 1. The summed E-state index contributed by atoms with van der Waals surface area (Å²) < 4.78 is 0. The van der Waals surface area contributed by atoms with Gasteiger partial charge in [0.25, 0.3) is 5.69 Å². The van der Waals surface area contributed by atoms with Crippen molar-refractivity contribution >= 4 is 23.3 Å². The number of hydrazone groups is 1. The number of nitrogens with one attached hydrogen (secondary N) is 1. The second-order valence-corrected chi connectivity index (χ2v) is 3.99. The first-order valence-corrected chi connectivity index (χ1v) is 5.67. The SMILES string of the molecule is CCC(C)C=NNc1ccc([N+](=O)[O-])cc1[N+](=O)[O-]. The zero-order valence-electron chi connectivity index (χ0n) is 10.6. The molecule has 0 saturated carbocycles. The predicted molar refractivity (Wildman–Crippen MR) is 71.3 cm³/mol. The van der Waals surface area contributed by atoms with Crippen LogP contribution in [0, 0.1) is 26.1 Å². The van der Waals surface area contributed by atoms with Gasteiger partial charge in [0.1, 0.15) is 5.69 Å². The van der Waals surface area contributed by atoms with Gasteiger partial charge >= 0.3 is 5.69 Å². The van der Waals surface area contributed by atoms with E-state index in [2.05, 4.69) is 10.5 Å². The van der Waals surface area contributed by atoms with Crippen molar-refractivity contribution in [3.05, 3.63) is 38.4 Å². The summed E-state index contributed by atoms with van der Waals surface area (Å²) in [5, 5.41) is 25.3. The van der Waals surface area contributed by atoms with E-state index in [9.17, 15) is 20.2 Å². The number of benzene rings is 1. The fourth-order valence-electron chi connectivity index (χ4n) is 1.22. The molecule has 8 heteroatoms. The van der Waals surface area contributed by atoms with Crippen molar-refractivity contribution in [1.29, 1.82) is 0 Å². The Morgan fingerprint density at radius 3 is 2.58 bits per heavy atom. The Morgan fingerprint density at radius 2 is 2.05 bits per heavy atom. The molecule has 8 nitrogen and oxygen atoms in total. The number of nitro groups is 2. The van der Waals surface area contributed by atoms with Gasteiger partial charge in [-0.05, 0) is 18.4 Å². The minimum atomic E-state index is -0.686. The highest BCUT2D eigenvalue weighted by molar-refractivity contribution is 5.68. The topological polar surface area (TPSA) is 111 Å². The zero-order chi connectivity index (χ0) is 14.4. The molecule has 19 heavy (non-hydrogen) atoms. The highest BCUT2D eigenvalue weighted by atomic mass is 16.6. The van der Waals surface area contributed by atoms with Crippen molar-refractivity contribution in [2.24, 2.45) is 11.0 Å². The summed E-state index contributed by atoms with van der Waals surface area (Å²) >= 11 is 0. The molecule has 1 atom stereocenters. The molecule has 1 aromatic carbocycles. The first-order chi connectivity index (χ1) is 8.95. The fourth-order valence-corrected chi connectivity index (χ4v) is 1.22. The minimum absolute atomic E-state index is 0.121. The third-order valence-corrected chi connectivity index (χ3v) is 2.55. The van der Waals surface area contributed by atoms with Crippen molar-refractivity contribution < 1.29 is 9.85 Å².